The van der Waals surface area contributed by atoms with Crippen LogP contribution in [0.2, 0.25) is 0 Å². The number of urea groups is 1. The molecule has 1 aliphatic carbocycles. The topological polar surface area (TPSA) is 41.1 Å². The molecule has 0 radical (unpaired) electrons. The minimum Gasteiger partial charge on any atom is -0.331 e. The molecule has 0 aliphatic heterocycles. The fraction of sp³-hybridized carbons (Fsp3) is 0.316. The van der Waals surface area contributed by atoms with Crippen LogP contribution in [0.1, 0.15) is 48.9 Å². The lowest BCUT2D eigenvalue weighted by molar-refractivity contribution is 0.248. The second kappa shape index (κ2) is 6.22. The molecular formula is C19H22N2O. The number of rotatable bonds is 3. The zero-order valence-corrected chi connectivity index (χ0v) is 13.1. The summed E-state index contributed by atoms with van der Waals surface area (Å²) >= 11 is 0. The summed E-state index contributed by atoms with van der Waals surface area (Å²) in [6, 6.07) is 16.3. The smallest absolute Gasteiger partial charge is 0.319 e. The maximum atomic E-state index is 12.2. The third-order valence-electron chi connectivity index (χ3n) is 4.27. The first-order valence-corrected chi connectivity index (χ1v) is 7.89. The van der Waals surface area contributed by atoms with Crippen LogP contribution in [0.4, 0.5) is 10.5 Å². The quantitative estimate of drug-likeness (QED) is 0.852. The van der Waals surface area contributed by atoms with Crippen LogP contribution >= 0.6 is 0 Å². The Balaban J connectivity index is 1.61. The molecule has 2 aromatic carbocycles. The van der Waals surface area contributed by atoms with Gasteiger partial charge in [0.15, 0.2) is 0 Å². The van der Waals surface area contributed by atoms with Gasteiger partial charge in [0.25, 0.3) is 0 Å². The van der Waals surface area contributed by atoms with Gasteiger partial charge in [-0.3, -0.25) is 0 Å². The van der Waals surface area contributed by atoms with Crippen molar-refractivity contribution in [2.24, 2.45) is 0 Å². The maximum absolute atomic E-state index is 12.2. The highest BCUT2D eigenvalue weighted by atomic mass is 16.2. The molecular weight excluding hydrogens is 272 g/mol. The lowest BCUT2D eigenvalue weighted by Gasteiger charge is -2.15. The minimum atomic E-state index is -0.140. The molecule has 1 atom stereocenters. The Morgan fingerprint density at radius 2 is 1.82 bits per heavy atom. The van der Waals surface area contributed by atoms with Gasteiger partial charge in [0.05, 0.1) is 6.04 Å². The van der Waals surface area contributed by atoms with Gasteiger partial charge >= 0.3 is 6.03 Å². The highest BCUT2D eigenvalue weighted by Crippen LogP contribution is 2.30. The van der Waals surface area contributed by atoms with Crippen LogP contribution in [-0.4, -0.2) is 6.03 Å². The largest absolute Gasteiger partial charge is 0.331 e. The lowest BCUT2D eigenvalue weighted by atomic mass is 10.0. The number of fused-ring (bicyclic) bond motifs is 1. The number of carbonyl (C=O) groups excluding carboxylic acids is 1. The third kappa shape index (κ3) is 3.14. The molecule has 1 unspecified atom stereocenters. The Kier molecular flexibility index (Phi) is 4.14. The number of amides is 2. The Bertz CT molecular complexity index is 661. The lowest BCUT2D eigenvalue weighted by Crippen LogP contribution is -2.31. The molecule has 0 heterocycles. The molecule has 2 aromatic rings. The van der Waals surface area contributed by atoms with Crippen molar-refractivity contribution in [2.45, 2.75) is 38.6 Å². The number of anilines is 1. The molecule has 3 heteroatoms. The summed E-state index contributed by atoms with van der Waals surface area (Å²) in [4.78, 5) is 12.2. The van der Waals surface area contributed by atoms with E-state index >= 15 is 0 Å². The molecule has 3 rings (SSSR count). The zero-order valence-electron chi connectivity index (χ0n) is 13.1. The van der Waals surface area contributed by atoms with E-state index in [2.05, 4.69) is 54.8 Å². The van der Waals surface area contributed by atoms with Gasteiger partial charge in [-0.2, -0.15) is 0 Å². The van der Waals surface area contributed by atoms with Gasteiger partial charge < -0.3 is 10.6 Å². The summed E-state index contributed by atoms with van der Waals surface area (Å²) in [6.45, 7) is 4.32. The Morgan fingerprint density at radius 3 is 2.55 bits per heavy atom. The molecule has 0 fully saturated rings. The van der Waals surface area contributed by atoms with E-state index in [-0.39, 0.29) is 12.1 Å². The Labute approximate surface area is 131 Å². The SMILES string of the molecule is CC(C)c1ccc(NC(=O)NC2CCc3ccccc32)cc1. The van der Waals surface area contributed by atoms with Gasteiger partial charge in [0.2, 0.25) is 0 Å². The standard InChI is InChI=1S/C19H22N2O/c1-13(2)14-7-10-16(11-8-14)20-19(22)21-18-12-9-15-5-3-4-6-17(15)18/h3-8,10-11,13,18H,9,12H2,1-2H3,(H2,20,21,22). The monoisotopic (exact) mass is 294 g/mol. The van der Waals surface area contributed by atoms with Crippen LogP contribution in [0.25, 0.3) is 0 Å². The first kappa shape index (κ1) is 14.6. The van der Waals surface area contributed by atoms with Crippen molar-refractivity contribution in [3.05, 3.63) is 65.2 Å². The third-order valence-corrected chi connectivity index (χ3v) is 4.27. The van der Waals surface area contributed by atoms with E-state index in [4.69, 9.17) is 0 Å². The second-order valence-electron chi connectivity index (χ2n) is 6.17. The van der Waals surface area contributed by atoms with Crippen LogP contribution in [0.3, 0.4) is 0 Å². The van der Waals surface area contributed by atoms with Crippen LogP contribution in [0.15, 0.2) is 48.5 Å². The molecule has 1 aliphatic rings. The minimum absolute atomic E-state index is 0.117. The summed E-state index contributed by atoms with van der Waals surface area (Å²) in [6.07, 6.45) is 2.00. The van der Waals surface area contributed by atoms with E-state index < -0.39 is 0 Å². The van der Waals surface area contributed by atoms with Crippen LogP contribution in [-0.2, 0) is 6.42 Å². The van der Waals surface area contributed by atoms with Gasteiger partial charge in [-0.1, -0.05) is 50.2 Å². The van der Waals surface area contributed by atoms with Crippen LogP contribution < -0.4 is 10.6 Å². The number of aryl methyl sites for hydroxylation is 1. The summed E-state index contributed by atoms with van der Waals surface area (Å²) in [5.74, 6) is 0.498. The first-order valence-electron chi connectivity index (χ1n) is 7.89. The second-order valence-corrected chi connectivity index (χ2v) is 6.17. The van der Waals surface area contributed by atoms with Gasteiger partial charge in [-0.15, -0.1) is 0 Å². The average Bonchev–Trinajstić information content (AvgIpc) is 2.91. The number of nitrogens with one attached hydrogen (secondary N) is 2. The Morgan fingerprint density at radius 1 is 1.09 bits per heavy atom. The number of carbonyl (C=O) groups is 1. The van der Waals surface area contributed by atoms with Crippen LogP contribution in [0.5, 0.6) is 0 Å². The van der Waals surface area contributed by atoms with E-state index in [1.807, 2.05) is 18.2 Å². The molecule has 2 amide bonds. The summed E-state index contributed by atoms with van der Waals surface area (Å²) in [5, 5.41) is 5.99. The van der Waals surface area contributed by atoms with E-state index in [1.54, 1.807) is 0 Å². The Hall–Kier alpha value is -2.29. The molecule has 0 aromatic heterocycles. The zero-order chi connectivity index (χ0) is 15.5. The van der Waals surface area contributed by atoms with Crippen molar-refractivity contribution in [1.82, 2.24) is 5.32 Å². The van der Waals surface area contributed by atoms with E-state index in [1.165, 1.54) is 16.7 Å². The van der Waals surface area contributed by atoms with E-state index in [0.717, 1.165) is 18.5 Å². The summed E-state index contributed by atoms with van der Waals surface area (Å²) < 4.78 is 0. The predicted molar refractivity (Wildman–Crippen MR) is 90.2 cm³/mol. The van der Waals surface area contributed by atoms with Crippen molar-refractivity contribution in [3.63, 3.8) is 0 Å². The summed E-state index contributed by atoms with van der Waals surface area (Å²) in [5.41, 5.74) is 4.69. The van der Waals surface area contributed by atoms with Gasteiger partial charge in [0.1, 0.15) is 0 Å². The fourth-order valence-electron chi connectivity index (χ4n) is 2.98. The van der Waals surface area contributed by atoms with Gasteiger partial charge in [0, 0.05) is 5.69 Å². The van der Waals surface area contributed by atoms with Gasteiger partial charge in [-0.05, 0) is 47.6 Å². The van der Waals surface area contributed by atoms with Crippen molar-refractivity contribution in [2.75, 3.05) is 5.32 Å². The highest BCUT2D eigenvalue weighted by Gasteiger charge is 2.23. The highest BCUT2D eigenvalue weighted by molar-refractivity contribution is 5.89. The van der Waals surface area contributed by atoms with E-state index in [9.17, 15) is 4.79 Å². The molecule has 22 heavy (non-hydrogen) atoms. The van der Waals surface area contributed by atoms with Crippen molar-refractivity contribution in [1.29, 1.82) is 0 Å². The molecule has 0 saturated heterocycles. The number of hydrogen-bond acceptors (Lipinski definition) is 1. The van der Waals surface area contributed by atoms with Crippen LogP contribution in [0, 0.1) is 0 Å². The number of hydrogen-bond donors (Lipinski definition) is 2. The maximum Gasteiger partial charge on any atom is 0.319 e. The molecule has 0 saturated carbocycles. The average molecular weight is 294 g/mol. The normalized spacial score (nSPS) is 16.4. The molecule has 2 N–H and O–H groups in total. The predicted octanol–water partition coefficient (Wildman–Crippen LogP) is 4.62. The molecule has 0 spiro atoms. The van der Waals surface area contributed by atoms with Crippen molar-refractivity contribution >= 4 is 11.7 Å². The number of benzene rings is 2. The fourth-order valence-corrected chi connectivity index (χ4v) is 2.98. The summed E-state index contributed by atoms with van der Waals surface area (Å²) in [7, 11) is 0. The van der Waals surface area contributed by atoms with Crippen molar-refractivity contribution in [3.8, 4) is 0 Å². The molecule has 3 nitrogen and oxygen atoms in total. The first-order chi connectivity index (χ1) is 10.6. The molecule has 114 valence electrons. The van der Waals surface area contributed by atoms with E-state index in [0.29, 0.717) is 5.92 Å². The van der Waals surface area contributed by atoms with Crippen molar-refractivity contribution < 1.29 is 4.79 Å². The molecule has 0 bridgehead atoms. The van der Waals surface area contributed by atoms with Gasteiger partial charge in [-0.25, -0.2) is 4.79 Å².